The first-order chi connectivity index (χ1) is 7.81. The van der Waals surface area contributed by atoms with Crippen molar-refractivity contribution in [2.75, 3.05) is 19.7 Å². The second-order valence-corrected chi connectivity index (χ2v) is 4.89. The maximum atomic E-state index is 11.9. The summed E-state index contributed by atoms with van der Waals surface area (Å²) in [6, 6.07) is 0.702. The molecule has 0 aromatic heterocycles. The Morgan fingerprint density at radius 3 is 2.75 bits per heavy atom. The fourth-order valence-corrected chi connectivity index (χ4v) is 2.24. The molecule has 1 amide bonds. The third kappa shape index (κ3) is 3.19. The third-order valence-electron chi connectivity index (χ3n) is 3.40. The zero-order chi connectivity index (χ0) is 11.4. The van der Waals surface area contributed by atoms with E-state index in [0.717, 1.165) is 38.8 Å². The fraction of sp³-hybridized carbons (Fsp3) is 0.917. The van der Waals surface area contributed by atoms with E-state index in [1.54, 1.807) is 0 Å². The van der Waals surface area contributed by atoms with Gasteiger partial charge in [-0.3, -0.25) is 4.79 Å². The second-order valence-electron chi connectivity index (χ2n) is 4.89. The van der Waals surface area contributed by atoms with Gasteiger partial charge in [0.25, 0.3) is 0 Å². The van der Waals surface area contributed by atoms with E-state index >= 15 is 0 Å². The third-order valence-corrected chi connectivity index (χ3v) is 3.40. The lowest BCUT2D eigenvalue weighted by Gasteiger charge is -2.16. The van der Waals surface area contributed by atoms with Crippen LogP contribution in [-0.4, -0.2) is 47.7 Å². The number of nitrogens with one attached hydrogen (secondary N) is 1. The van der Waals surface area contributed by atoms with Crippen molar-refractivity contribution in [2.45, 2.75) is 50.6 Å². The van der Waals surface area contributed by atoms with Gasteiger partial charge in [-0.05, 0) is 38.5 Å². The van der Waals surface area contributed by atoms with E-state index in [9.17, 15) is 4.79 Å². The fourth-order valence-electron chi connectivity index (χ4n) is 2.24. The van der Waals surface area contributed by atoms with Crippen molar-refractivity contribution in [1.29, 1.82) is 0 Å². The van der Waals surface area contributed by atoms with Gasteiger partial charge in [-0.25, -0.2) is 0 Å². The van der Waals surface area contributed by atoms with E-state index < -0.39 is 0 Å². The summed E-state index contributed by atoms with van der Waals surface area (Å²) in [5.41, 5.74) is 0. The van der Waals surface area contributed by atoms with Gasteiger partial charge in [0, 0.05) is 25.7 Å². The Balaban J connectivity index is 1.65. The molecule has 1 aliphatic heterocycles. The normalized spacial score (nSPS) is 25.4. The first-order valence-corrected chi connectivity index (χ1v) is 6.47. The minimum atomic E-state index is 0.0883. The van der Waals surface area contributed by atoms with Crippen LogP contribution in [0.4, 0.5) is 0 Å². The summed E-state index contributed by atoms with van der Waals surface area (Å²) in [6.45, 7) is 2.03. The van der Waals surface area contributed by atoms with Crippen LogP contribution in [0.15, 0.2) is 0 Å². The number of nitrogens with zero attached hydrogens (tertiary/aromatic N) is 1. The predicted molar refractivity (Wildman–Crippen MR) is 62.1 cm³/mol. The number of likely N-dealkylation sites (tertiary alicyclic amines) is 1. The van der Waals surface area contributed by atoms with Gasteiger partial charge in [-0.15, -0.1) is 0 Å². The van der Waals surface area contributed by atoms with Crippen molar-refractivity contribution in [3.8, 4) is 0 Å². The number of hydrogen-bond acceptors (Lipinski definition) is 3. The number of carbonyl (C=O) groups is 1. The van der Waals surface area contributed by atoms with Gasteiger partial charge in [0.2, 0.25) is 5.91 Å². The predicted octanol–water partition coefficient (Wildman–Crippen LogP) is 0.502. The van der Waals surface area contributed by atoms with Crippen molar-refractivity contribution in [1.82, 2.24) is 10.2 Å². The van der Waals surface area contributed by atoms with Crippen LogP contribution in [0.5, 0.6) is 0 Å². The standard InChI is InChI=1S/C12H22N2O2/c15-9-3-1-2-7-14-8-6-11(12(14)16)13-10-4-5-10/h10-11,13,15H,1-9H2. The number of aliphatic hydroxyl groups excluding tert-OH is 1. The lowest BCUT2D eigenvalue weighted by Crippen LogP contribution is -2.39. The van der Waals surface area contributed by atoms with E-state index in [4.69, 9.17) is 5.11 Å². The molecule has 16 heavy (non-hydrogen) atoms. The van der Waals surface area contributed by atoms with Crippen molar-refractivity contribution in [3.63, 3.8) is 0 Å². The number of carbonyl (C=O) groups excluding carboxylic acids is 1. The average molecular weight is 226 g/mol. The Kier molecular flexibility index (Phi) is 4.18. The molecule has 1 heterocycles. The molecule has 1 atom stereocenters. The van der Waals surface area contributed by atoms with Gasteiger partial charge < -0.3 is 15.3 Å². The zero-order valence-electron chi connectivity index (χ0n) is 9.82. The summed E-state index contributed by atoms with van der Waals surface area (Å²) in [7, 11) is 0. The van der Waals surface area contributed by atoms with Crippen molar-refractivity contribution < 1.29 is 9.90 Å². The summed E-state index contributed by atoms with van der Waals surface area (Å²) < 4.78 is 0. The Morgan fingerprint density at radius 2 is 2.06 bits per heavy atom. The van der Waals surface area contributed by atoms with E-state index in [2.05, 4.69) is 5.32 Å². The topological polar surface area (TPSA) is 52.6 Å². The van der Waals surface area contributed by atoms with Crippen LogP contribution in [-0.2, 0) is 4.79 Å². The smallest absolute Gasteiger partial charge is 0.239 e. The molecule has 1 saturated heterocycles. The van der Waals surface area contributed by atoms with E-state index in [0.29, 0.717) is 6.04 Å². The van der Waals surface area contributed by atoms with Gasteiger partial charge in [0.05, 0.1) is 6.04 Å². The molecule has 4 heteroatoms. The molecule has 0 aromatic rings. The summed E-state index contributed by atoms with van der Waals surface area (Å²) >= 11 is 0. The highest BCUT2D eigenvalue weighted by Gasteiger charge is 2.34. The molecule has 2 aliphatic rings. The van der Waals surface area contributed by atoms with Crippen LogP contribution >= 0.6 is 0 Å². The van der Waals surface area contributed by atoms with Crippen LogP contribution in [0.2, 0.25) is 0 Å². The number of amides is 1. The van der Waals surface area contributed by atoms with Crippen LogP contribution in [0.3, 0.4) is 0 Å². The van der Waals surface area contributed by atoms with Crippen LogP contribution in [0.25, 0.3) is 0 Å². The number of aliphatic hydroxyl groups is 1. The van der Waals surface area contributed by atoms with Crippen molar-refractivity contribution in [2.24, 2.45) is 0 Å². The molecule has 1 unspecified atom stereocenters. The van der Waals surface area contributed by atoms with E-state index in [1.807, 2.05) is 4.90 Å². The molecule has 0 radical (unpaired) electrons. The monoisotopic (exact) mass is 226 g/mol. The Morgan fingerprint density at radius 1 is 1.25 bits per heavy atom. The SMILES string of the molecule is O=C1C(NC2CC2)CCN1CCCCCO. The largest absolute Gasteiger partial charge is 0.396 e. The van der Waals surface area contributed by atoms with Crippen LogP contribution < -0.4 is 5.32 Å². The van der Waals surface area contributed by atoms with Crippen molar-refractivity contribution in [3.05, 3.63) is 0 Å². The quantitative estimate of drug-likeness (QED) is 0.622. The first kappa shape index (κ1) is 11.9. The van der Waals surface area contributed by atoms with Gasteiger partial charge in [0.15, 0.2) is 0 Å². The molecule has 4 nitrogen and oxygen atoms in total. The van der Waals surface area contributed by atoms with Crippen LogP contribution in [0, 0.1) is 0 Å². The Labute approximate surface area is 97.0 Å². The highest BCUT2D eigenvalue weighted by atomic mass is 16.2. The van der Waals surface area contributed by atoms with Crippen LogP contribution in [0.1, 0.15) is 38.5 Å². The molecule has 0 bridgehead atoms. The van der Waals surface area contributed by atoms with E-state index in [-0.39, 0.29) is 18.6 Å². The first-order valence-electron chi connectivity index (χ1n) is 6.47. The molecule has 0 aromatic carbocycles. The minimum absolute atomic E-state index is 0.0883. The molecule has 2 fully saturated rings. The molecule has 2 rings (SSSR count). The molecule has 0 spiro atoms. The summed E-state index contributed by atoms with van der Waals surface area (Å²) in [5, 5.41) is 12.1. The Hall–Kier alpha value is -0.610. The highest BCUT2D eigenvalue weighted by Crippen LogP contribution is 2.22. The average Bonchev–Trinajstić information content (AvgIpc) is 3.03. The Bertz CT molecular complexity index is 241. The van der Waals surface area contributed by atoms with Crippen molar-refractivity contribution >= 4 is 5.91 Å². The molecular formula is C12H22N2O2. The molecular weight excluding hydrogens is 204 g/mol. The lowest BCUT2D eigenvalue weighted by molar-refractivity contribution is -0.129. The van der Waals surface area contributed by atoms with Gasteiger partial charge in [0.1, 0.15) is 0 Å². The lowest BCUT2D eigenvalue weighted by atomic mass is 10.2. The molecule has 2 N–H and O–H groups in total. The zero-order valence-corrected chi connectivity index (χ0v) is 9.82. The second kappa shape index (κ2) is 5.64. The number of hydrogen-bond donors (Lipinski definition) is 2. The highest BCUT2D eigenvalue weighted by molar-refractivity contribution is 5.84. The maximum absolute atomic E-state index is 11.9. The summed E-state index contributed by atoms with van der Waals surface area (Å²) in [5.74, 6) is 0.288. The molecule has 1 aliphatic carbocycles. The number of unbranched alkanes of at least 4 members (excludes halogenated alkanes) is 2. The molecule has 92 valence electrons. The maximum Gasteiger partial charge on any atom is 0.239 e. The minimum Gasteiger partial charge on any atom is -0.396 e. The molecule has 1 saturated carbocycles. The van der Waals surface area contributed by atoms with Gasteiger partial charge >= 0.3 is 0 Å². The van der Waals surface area contributed by atoms with E-state index in [1.165, 1.54) is 12.8 Å². The summed E-state index contributed by atoms with van der Waals surface area (Å²) in [4.78, 5) is 13.9. The summed E-state index contributed by atoms with van der Waals surface area (Å²) in [6.07, 6.45) is 6.32. The van der Waals surface area contributed by atoms with Gasteiger partial charge in [-0.1, -0.05) is 0 Å². The number of rotatable bonds is 7. The van der Waals surface area contributed by atoms with Gasteiger partial charge in [-0.2, -0.15) is 0 Å².